The summed E-state index contributed by atoms with van der Waals surface area (Å²) in [7, 11) is 2.63. The highest BCUT2D eigenvalue weighted by Gasteiger charge is 2.50. The van der Waals surface area contributed by atoms with Crippen LogP contribution in [0, 0.1) is 11.8 Å². The number of carbonyl (C=O) groups excluding carboxylic acids is 3. The van der Waals surface area contributed by atoms with Crippen molar-refractivity contribution in [1.82, 2.24) is 0 Å². The average molecular weight is 411 g/mol. The fraction of sp³-hybridized carbons (Fsp3) is 0.333. The summed E-state index contributed by atoms with van der Waals surface area (Å²) in [5.41, 5.74) is 2.53. The van der Waals surface area contributed by atoms with Crippen LogP contribution in [0.3, 0.4) is 0 Å². The summed E-state index contributed by atoms with van der Waals surface area (Å²) in [6, 6.07) is 3.58. The number of hydrogen-bond donors (Lipinski definition) is 0. The number of ether oxygens (including phenoxy) is 4. The van der Waals surface area contributed by atoms with Gasteiger partial charge in [-0.3, -0.25) is 14.4 Å². The van der Waals surface area contributed by atoms with Crippen molar-refractivity contribution in [2.75, 3.05) is 27.6 Å². The summed E-state index contributed by atoms with van der Waals surface area (Å²) in [6.45, 7) is 0.277. The Morgan fingerprint density at radius 2 is 1.90 bits per heavy atom. The fourth-order valence-corrected chi connectivity index (χ4v) is 4.47. The zero-order chi connectivity index (χ0) is 21.0. The maximum Gasteiger partial charge on any atom is 0.310 e. The SMILES string of the molecule is COC(=O)[C@H]1C2CON=C2c2cc3c(cc2[C@H]1C1=CC(=O)C(=O)C(OC)=C1)OCO3. The Bertz CT molecular complexity index is 1080. The normalized spacial score (nSPS) is 26.1. The Hall–Kier alpha value is -3.62. The first-order valence-electron chi connectivity index (χ1n) is 9.31. The molecule has 2 aliphatic heterocycles. The molecule has 4 aliphatic rings. The highest BCUT2D eigenvalue weighted by atomic mass is 16.7. The largest absolute Gasteiger partial charge is 0.492 e. The molecular weight excluding hydrogens is 394 g/mol. The van der Waals surface area contributed by atoms with Gasteiger partial charge in [0.1, 0.15) is 6.61 Å². The molecule has 0 fully saturated rings. The molecule has 0 amide bonds. The van der Waals surface area contributed by atoms with E-state index >= 15 is 0 Å². The maximum atomic E-state index is 12.9. The number of hydrogen-bond acceptors (Lipinski definition) is 9. The van der Waals surface area contributed by atoms with E-state index in [1.165, 1.54) is 26.4 Å². The molecule has 9 heteroatoms. The molecule has 154 valence electrons. The van der Waals surface area contributed by atoms with E-state index in [0.29, 0.717) is 28.3 Å². The van der Waals surface area contributed by atoms with Crippen LogP contribution in [-0.4, -0.2) is 50.9 Å². The molecule has 0 bridgehead atoms. The molecule has 2 heterocycles. The number of carbonyl (C=O) groups is 3. The van der Waals surface area contributed by atoms with E-state index in [0.717, 1.165) is 5.56 Å². The quantitative estimate of drug-likeness (QED) is 0.415. The van der Waals surface area contributed by atoms with E-state index in [1.807, 2.05) is 0 Å². The van der Waals surface area contributed by atoms with Crippen LogP contribution in [0.5, 0.6) is 11.5 Å². The molecule has 0 spiro atoms. The molecule has 0 saturated carbocycles. The van der Waals surface area contributed by atoms with Gasteiger partial charge in [0, 0.05) is 11.5 Å². The predicted molar refractivity (Wildman–Crippen MR) is 100.0 cm³/mol. The smallest absolute Gasteiger partial charge is 0.310 e. The van der Waals surface area contributed by atoms with Crippen molar-refractivity contribution < 1.29 is 38.2 Å². The molecule has 0 radical (unpaired) electrons. The minimum atomic E-state index is -0.732. The molecule has 1 aromatic rings. The van der Waals surface area contributed by atoms with Crippen LogP contribution in [-0.2, 0) is 28.7 Å². The van der Waals surface area contributed by atoms with Gasteiger partial charge in [0.15, 0.2) is 17.3 Å². The van der Waals surface area contributed by atoms with E-state index < -0.39 is 29.4 Å². The topological polar surface area (TPSA) is 110 Å². The van der Waals surface area contributed by atoms with Gasteiger partial charge in [-0.05, 0) is 35.4 Å². The molecule has 0 N–H and O–H groups in total. The molecule has 1 aromatic carbocycles. The van der Waals surface area contributed by atoms with Gasteiger partial charge >= 0.3 is 5.97 Å². The average Bonchev–Trinajstić information content (AvgIpc) is 3.41. The van der Waals surface area contributed by atoms with E-state index in [2.05, 4.69) is 5.16 Å². The summed E-state index contributed by atoms with van der Waals surface area (Å²) < 4.78 is 21.2. The third-order valence-electron chi connectivity index (χ3n) is 5.81. The van der Waals surface area contributed by atoms with Gasteiger partial charge in [0.25, 0.3) is 5.78 Å². The molecule has 9 nitrogen and oxygen atoms in total. The van der Waals surface area contributed by atoms with Crippen LogP contribution in [0.4, 0.5) is 0 Å². The Morgan fingerprint density at radius 3 is 2.63 bits per heavy atom. The zero-order valence-electron chi connectivity index (χ0n) is 16.2. The number of fused-ring (bicyclic) bond motifs is 4. The Balaban J connectivity index is 1.75. The lowest BCUT2D eigenvalue weighted by Gasteiger charge is -2.36. The van der Waals surface area contributed by atoms with Crippen molar-refractivity contribution in [3.63, 3.8) is 0 Å². The number of rotatable bonds is 3. The number of oxime groups is 1. The summed E-state index contributed by atoms with van der Waals surface area (Å²) in [5, 5.41) is 4.16. The first kappa shape index (κ1) is 18.4. The monoisotopic (exact) mass is 411 g/mol. The van der Waals surface area contributed by atoms with Crippen molar-refractivity contribution in [1.29, 1.82) is 0 Å². The van der Waals surface area contributed by atoms with Crippen LogP contribution < -0.4 is 9.47 Å². The molecule has 0 saturated heterocycles. The molecule has 3 atom stereocenters. The number of methoxy groups -OCH3 is 2. The second-order valence-corrected chi connectivity index (χ2v) is 7.25. The Morgan fingerprint density at radius 1 is 1.13 bits per heavy atom. The second-order valence-electron chi connectivity index (χ2n) is 7.25. The highest BCUT2D eigenvalue weighted by Crippen LogP contribution is 2.50. The number of benzene rings is 1. The Kier molecular flexibility index (Phi) is 4.12. The summed E-state index contributed by atoms with van der Waals surface area (Å²) in [4.78, 5) is 42.6. The first-order chi connectivity index (χ1) is 14.5. The predicted octanol–water partition coefficient (Wildman–Crippen LogP) is 1.26. The molecule has 0 aromatic heterocycles. The number of nitrogens with zero attached hydrogens (tertiary/aromatic N) is 1. The standard InChI is InChI=1S/C21H17NO8/c1-26-16-4-9(3-13(23)20(16)24)17-10-5-14-15(29-8-28-14)6-11(10)19-12(7-30-22-19)18(17)21(25)27-2/h3-6,12,17-18H,7-8H2,1-2H3/t12?,17-,18+/m1/s1. The van der Waals surface area contributed by atoms with Crippen molar-refractivity contribution in [3.05, 3.63) is 46.7 Å². The van der Waals surface area contributed by atoms with E-state index in [-0.39, 0.29) is 25.1 Å². The number of Topliss-reactive ketones (excluding diaryl/α,β-unsaturated/α-hetero) is 1. The van der Waals surface area contributed by atoms with Crippen LogP contribution in [0.2, 0.25) is 0 Å². The molecule has 2 aliphatic carbocycles. The summed E-state index contributed by atoms with van der Waals surface area (Å²) in [6.07, 6.45) is 2.74. The number of ketones is 2. The van der Waals surface area contributed by atoms with Gasteiger partial charge in [-0.1, -0.05) is 5.16 Å². The van der Waals surface area contributed by atoms with Crippen LogP contribution in [0.15, 0.2) is 40.8 Å². The van der Waals surface area contributed by atoms with Gasteiger partial charge in [-0.2, -0.15) is 0 Å². The lowest BCUT2D eigenvalue weighted by Crippen LogP contribution is -2.41. The third-order valence-corrected chi connectivity index (χ3v) is 5.81. The second kappa shape index (κ2) is 6.72. The number of esters is 1. The first-order valence-corrected chi connectivity index (χ1v) is 9.31. The van der Waals surface area contributed by atoms with E-state index in [1.54, 1.807) is 12.1 Å². The van der Waals surface area contributed by atoms with Gasteiger partial charge in [0.05, 0.1) is 31.8 Å². The van der Waals surface area contributed by atoms with E-state index in [4.69, 9.17) is 23.8 Å². The van der Waals surface area contributed by atoms with Crippen molar-refractivity contribution >= 4 is 23.2 Å². The lowest BCUT2D eigenvalue weighted by molar-refractivity contribution is -0.147. The van der Waals surface area contributed by atoms with Crippen molar-refractivity contribution in [2.24, 2.45) is 17.0 Å². The van der Waals surface area contributed by atoms with Crippen LogP contribution in [0.25, 0.3) is 0 Å². The fourth-order valence-electron chi connectivity index (χ4n) is 4.47. The Labute approximate surface area is 170 Å². The van der Waals surface area contributed by atoms with Gasteiger partial charge in [-0.15, -0.1) is 0 Å². The molecule has 30 heavy (non-hydrogen) atoms. The maximum absolute atomic E-state index is 12.9. The van der Waals surface area contributed by atoms with Gasteiger partial charge < -0.3 is 23.8 Å². The number of allylic oxidation sites excluding steroid dienone is 4. The van der Waals surface area contributed by atoms with Gasteiger partial charge in [0.2, 0.25) is 12.6 Å². The van der Waals surface area contributed by atoms with E-state index in [9.17, 15) is 14.4 Å². The van der Waals surface area contributed by atoms with Crippen LogP contribution >= 0.6 is 0 Å². The zero-order valence-corrected chi connectivity index (χ0v) is 16.2. The molecule has 5 rings (SSSR count). The molecule has 1 unspecified atom stereocenters. The minimum Gasteiger partial charge on any atom is -0.492 e. The van der Waals surface area contributed by atoms with Crippen molar-refractivity contribution in [3.8, 4) is 11.5 Å². The molecular formula is C21H17NO8. The van der Waals surface area contributed by atoms with Gasteiger partial charge in [-0.25, -0.2) is 0 Å². The lowest BCUT2D eigenvalue weighted by atomic mass is 9.65. The third kappa shape index (κ3) is 2.54. The minimum absolute atomic E-state index is 0.0782. The summed E-state index contributed by atoms with van der Waals surface area (Å²) in [5.74, 6) is -2.61. The van der Waals surface area contributed by atoms with Crippen LogP contribution in [0.1, 0.15) is 17.0 Å². The van der Waals surface area contributed by atoms with Crippen molar-refractivity contribution in [2.45, 2.75) is 5.92 Å². The summed E-state index contributed by atoms with van der Waals surface area (Å²) >= 11 is 0. The highest BCUT2D eigenvalue weighted by molar-refractivity contribution is 6.47.